The van der Waals surface area contributed by atoms with Gasteiger partial charge in [0.1, 0.15) is 5.82 Å². The van der Waals surface area contributed by atoms with Crippen LogP contribution in [0.1, 0.15) is 11.3 Å². The Kier molecular flexibility index (Phi) is 3.12. The summed E-state index contributed by atoms with van der Waals surface area (Å²) in [5.74, 6) is 1.32. The van der Waals surface area contributed by atoms with Crippen molar-refractivity contribution in [2.45, 2.75) is 12.8 Å². The number of aryl methyl sites for hydroxylation is 1. The third-order valence-electron chi connectivity index (χ3n) is 2.23. The molecule has 2 nitrogen and oxygen atoms in total. The molecule has 0 aliphatic heterocycles. The summed E-state index contributed by atoms with van der Waals surface area (Å²) in [6.07, 6.45) is 1.77. The van der Waals surface area contributed by atoms with Crippen molar-refractivity contribution in [3.05, 3.63) is 40.1 Å². The molecule has 0 amide bonds. The predicted octanol–water partition coefficient (Wildman–Crippen LogP) is 3.89. The molecule has 0 unspecified atom stereocenters. The largest absolute Gasteiger partial charge is 0.341 e. The molecule has 2 rings (SSSR count). The molecule has 0 bridgehead atoms. The van der Waals surface area contributed by atoms with E-state index >= 15 is 0 Å². The number of alkyl halides is 1. The van der Waals surface area contributed by atoms with E-state index in [0.29, 0.717) is 5.88 Å². The SMILES string of the molecule is Cc1ccc(Br)cc1-c1ncc(CCl)[nH]1. The van der Waals surface area contributed by atoms with Crippen LogP contribution >= 0.6 is 27.5 Å². The van der Waals surface area contributed by atoms with Crippen molar-refractivity contribution in [1.82, 2.24) is 9.97 Å². The molecule has 78 valence electrons. The van der Waals surface area contributed by atoms with Gasteiger partial charge in [-0.15, -0.1) is 11.6 Å². The summed E-state index contributed by atoms with van der Waals surface area (Å²) in [6, 6.07) is 6.12. The summed E-state index contributed by atoms with van der Waals surface area (Å²) >= 11 is 9.17. The van der Waals surface area contributed by atoms with Gasteiger partial charge in [-0.1, -0.05) is 22.0 Å². The Hall–Kier alpha value is -0.800. The Morgan fingerprint density at radius 2 is 2.27 bits per heavy atom. The van der Waals surface area contributed by atoms with Crippen LogP contribution in [0.15, 0.2) is 28.9 Å². The molecule has 0 atom stereocenters. The summed E-state index contributed by atoms with van der Waals surface area (Å²) in [6.45, 7) is 2.06. The number of aromatic nitrogens is 2. The molecule has 0 saturated carbocycles. The van der Waals surface area contributed by atoms with Crippen LogP contribution in [-0.2, 0) is 5.88 Å². The van der Waals surface area contributed by atoms with Crippen molar-refractivity contribution in [2.24, 2.45) is 0 Å². The third-order valence-corrected chi connectivity index (χ3v) is 3.01. The summed E-state index contributed by atoms with van der Waals surface area (Å²) in [4.78, 5) is 7.48. The molecule has 0 aliphatic carbocycles. The van der Waals surface area contributed by atoms with Gasteiger partial charge in [0.2, 0.25) is 0 Å². The van der Waals surface area contributed by atoms with Gasteiger partial charge in [0.05, 0.1) is 5.88 Å². The standard InChI is InChI=1S/C11H10BrClN2/c1-7-2-3-8(12)4-10(7)11-14-6-9(5-13)15-11/h2-4,6H,5H2,1H3,(H,14,15). The number of hydrogen-bond acceptors (Lipinski definition) is 1. The van der Waals surface area contributed by atoms with Crippen LogP contribution in [0, 0.1) is 6.92 Å². The van der Waals surface area contributed by atoms with E-state index in [2.05, 4.69) is 38.9 Å². The van der Waals surface area contributed by atoms with E-state index in [1.807, 2.05) is 12.1 Å². The molecule has 1 aromatic carbocycles. The van der Waals surface area contributed by atoms with Crippen molar-refractivity contribution in [3.8, 4) is 11.4 Å². The number of benzene rings is 1. The number of halogens is 2. The lowest BCUT2D eigenvalue weighted by Gasteiger charge is -2.02. The Bertz CT molecular complexity index is 479. The highest BCUT2D eigenvalue weighted by Crippen LogP contribution is 2.24. The zero-order valence-electron chi connectivity index (χ0n) is 8.22. The van der Waals surface area contributed by atoms with Gasteiger partial charge < -0.3 is 4.98 Å². The normalized spacial score (nSPS) is 10.6. The lowest BCUT2D eigenvalue weighted by Crippen LogP contribution is -1.86. The van der Waals surface area contributed by atoms with Gasteiger partial charge >= 0.3 is 0 Å². The van der Waals surface area contributed by atoms with Crippen LogP contribution in [0.5, 0.6) is 0 Å². The van der Waals surface area contributed by atoms with Gasteiger partial charge in [0.15, 0.2) is 0 Å². The first-order valence-electron chi connectivity index (χ1n) is 4.57. The average Bonchev–Trinajstić information content (AvgIpc) is 2.70. The monoisotopic (exact) mass is 284 g/mol. The molecule has 0 radical (unpaired) electrons. The number of aromatic amines is 1. The summed E-state index contributed by atoms with van der Waals surface area (Å²) < 4.78 is 1.05. The van der Waals surface area contributed by atoms with Gasteiger partial charge in [-0.2, -0.15) is 0 Å². The number of rotatable bonds is 2. The van der Waals surface area contributed by atoms with E-state index in [0.717, 1.165) is 21.6 Å². The smallest absolute Gasteiger partial charge is 0.137 e. The minimum Gasteiger partial charge on any atom is -0.341 e. The highest BCUT2D eigenvalue weighted by atomic mass is 79.9. The fraction of sp³-hybridized carbons (Fsp3) is 0.182. The summed E-state index contributed by atoms with van der Waals surface area (Å²) in [7, 11) is 0. The first-order valence-corrected chi connectivity index (χ1v) is 5.90. The van der Waals surface area contributed by atoms with E-state index in [4.69, 9.17) is 11.6 Å². The van der Waals surface area contributed by atoms with E-state index in [1.165, 1.54) is 5.56 Å². The molecule has 1 heterocycles. The predicted molar refractivity (Wildman–Crippen MR) is 66.0 cm³/mol. The van der Waals surface area contributed by atoms with Gasteiger partial charge in [-0.3, -0.25) is 0 Å². The highest BCUT2D eigenvalue weighted by Gasteiger charge is 2.06. The minimum absolute atomic E-state index is 0.458. The second kappa shape index (κ2) is 4.37. The second-order valence-corrected chi connectivity index (χ2v) is 4.53. The molecule has 0 fully saturated rings. The molecule has 1 N–H and O–H groups in total. The van der Waals surface area contributed by atoms with Crippen molar-refractivity contribution in [3.63, 3.8) is 0 Å². The van der Waals surface area contributed by atoms with Crippen LogP contribution in [0.4, 0.5) is 0 Å². The van der Waals surface area contributed by atoms with Crippen LogP contribution in [0.2, 0.25) is 0 Å². The lowest BCUT2D eigenvalue weighted by molar-refractivity contribution is 1.22. The number of nitrogens with zero attached hydrogens (tertiary/aromatic N) is 1. The van der Waals surface area contributed by atoms with Crippen LogP contribution in [-0.4, -0.2) is 9.97 Å². The van der Waals surface area contributed by atoms with Gasteiger partial charge in [0, 0.05) is 21.9 Å². The third kappa shape index (κ3) is 2.24. The first-order chi connectivity index (χ1) is 7.20. The zero-order valence-corrected chi connectivity index (χ0v) is 10.6. The fourth-order valence-electron chi connectivity index (χ4n) is 1.41. The van der Waals surface area contributed by atoms with E-state index in [1.54, 1.807) is 6.20 Å². The first kappa shape index (κ1) is 10.7. The summed E-state index contributed by atoms with van der Waals surface area (Å²) in [5.41, 5.74) is 3.22. The van der Waals surface area contributed by atoms with Crippen molar-refractivity contribution in [1.29, 1.82) is 0 Å². The van der Waals surface area contributed by atoms with Crippen LogP contribution in [0.25, 0.3) is 11.4 Å². The minimum atomic E-state index is 0.458. The molecular formula is C11H10BrClN2. The molecule has 4 heteroatoms. The number of nitrogens with one attached hydrogen (secondary N) is 1. The Morgan fingerprint density at radius 3 is 2.93 bits per heavy atom. The van der Waals surface area contributed by atoms with Gasteiger partial charge in [-0.25, -0.2) is 4.98 Å². The van der Waals surface area contributed by atoms with E-state index in [-0.39, 0.29) is 0 Å². The number of hydrogen-bond donors (Lipinski definition) is 1. The summed E-state index contributed by atoms with van der Waals surface area (Å²) in [5, 5.41) is 0. The van der Waals surface area contributed by atoms with Crippen molar-refractivity contribution >= 4 is 27.5 Å². The maximum absolute atomic E-state index is 5.72. The van der Waals surface area contributed by atoms with Crippen LogP contribution < -0.4 is 0 Å². The van der Waals surface area contributed by atoms with Gasteiger partial charge in [0.25, 0.3) is 0 Å². The molecule has 0 spiro atoms. The van der Waals surface area contributed by atoms with Crippen molar-refractivity contribution < 1.29 is 0 Å². The molecule has 15 heavy (non-hydrogen) atoms. The maximum atomic E-state index is 5.72. The molecule has 0 aliphatic rings. The molecule has 0 saturated heterocycles. The zero-order chi connectivity index (χ0) is 10.8. The second-order valence-electron chi connectivity index (χ2n) is 3.35. The average molecular weight is 286 g/mol. The molecular weight excluding hydrogens is 275 g/mol. The number of H-pyrrole nitrogens is 1. The topological polar surface area (TPSA) is 28.7 Å². The lowest BCUT2D eigenvalue weighted by atomic mass is 10.1. The van der Waals surface area contributed by atoms with E-state index in [9.17, 15) is 0 Å². The van der Waals surface area contributed by atoms with Gasteiger partial charge in [-0.05, 0) is 24.6 Å². The maximum Gasteiger partial charge on any atom is 0.137 e. The Morgan fingerprint density at radius 1 is 1.47 bits per heavy atom. The fourth-order valence-corrected chi connectivity index (χ4v) is 1.91. The highest BCUT2D eigenvalue weighted by molar-refractivity contribution is 9.10. The Balaban J connectivity index is 2.48. The van der Waals surface area contributed by atoms with Crippen molar-refractivity contribution in [2.75, 3.05) is 0 Å². The Labute approximate surface area is 102 Å². The molecule has 1 aromatic heterocycles. The van der Waals surface area contributed by atoms with E-state index < -0.39 is 0 Å². The number of imidazole rings is 1. The van der Waals surface area contributed by atoms with Crippen LogP contribution in [0.3, 0.4) is 0 Å². The molecule has 2 aromatic rings. The quantitative estimate of drug-likeness (QED) is 0.833.